The maximum atomic E-state index is 12.8. The van der Waals surface area contributed by atoms with Gasteiger partial charge in [-0.3, -0.25) is 4.79 Å². The molecule has 1 aliphatic rings. The number of nitrogens with one attached hydrogen (secondary N) is 1. The van der Waals surface area contributed by atoms with Gasteiger partial charge >= 0.3 is 0 Å². The average Bonchev–Trinajstić information content (AvgIpc) is 2.72. The first-order valence-corrected chi connectivity index (χ1v) is 7.53. The molecule has 1 N–H and O–H groups in total. The van der Waals surface area contributed by atoms with E-state index in [-0.39, 0.29) is 5.91 Å². The smallest absolute Gasteiger partial charge is 0.259 e. The number of anilines is 2. The molecule has 5 heteroatoms. The van der Waals surface area contributed by atoms with Gasteiger partial charge in [0.15, 0.2) is 0 Å². The molecule has 0 unspecified atom stereocenters. The van der Waals surface area contributed by atoms with Crippen LogP contribution in [0.25, 0.3) is 0 Å². The molecule has 0 aliphatic carbocycles. The predicted molar refractivity (Wildman–Crippen MR) is 87.7 cm³/mol. The monoisotopic (exact) mass is 320 g/mol. The van der Waals surface area contributed by atoms with Crippen molar-refractivity contribution in [1.29, 1.82) is 0 Å². The Bertz CT molecular complexity index is 688. The Labute approximate surface area is 133 Å². The van der Waals surface area contributed by atoms with Crippen molar-refractivity contribution in [3.05, 3.63) is 58.1 Å². The van der Waals surface area contributed by atoms with Crippen LogP contribution in [0.1, 0.15) is 16.8 Å². The van der Waals surface area contributed by atoms with Gasteiger partial charge in [0.2, 0.25) is 0 Å². The molecule has 1 heterocycles. The first-order valence-electron chi connectivity index (χ1n) is 6.77. The van der Waals surface area contributed by atoms with Crippen LogP contribution in [0.5, 0.6) is 0 Å². The van der Waals surface area contributed by atoms with Crippen molar-refractivity contribution in [2.24, 2.45) is 0 Å². The van der Waals surface area contributed by atoms with E-state index in [2.05, 4.69) is 5.32 Å². The fourth-order valence-corrected chi connectivity index (χ4v) is 2.85. The maximum Gasteiger partial charge on any atom is 0.259 e. The molecule has 1 amide bonds. The Morgan fingerprint density at radius 1 is 1.10 bits per heavy atom. The minimum atomic E-state index is -0.126. The Hall–Kier alpha value is -1.71. The SMILES string of the molecule is O=C(c1cccc(Cl)c1Cl)N1CCCNc2ccccc21. The molecule has 0 bridgehead atoms. The zero-order valence-corrected chi connectivity index (χ0v) is 12.8. The Morgan fingerprint density at radius 3 is 2.76 bits per heavy atom. The van der Waals surface area contributed by atoms with Crippen molar-refractivity contribution < 1.29 is 4.79 Å². The van der Waals surface area contributed by atoms with E-state index in [1.165, 1.54) is 0 Å². The summed E-state index contributed by atoms with van der Waals surface area (Å²) in [5.74, 6) is -0.126. The van der Waals surface area contributed by atoms with Crippen LogP contribution in [0.15, 0.2) is 42.5 Å². The molecule has 0 atom stereocenters. The van der Waals surface area contributed by atoms with Crippen molar-refractivity contribution in [2.45, 2.75) is 6.42 Å². The van der Waals surface area contributed by atoms with Crippen molar-refractivity contribution in [3.8, 4) is 0 Å². The summed E-state index contributed by atoms with van der Waals surface area (Å²) in [4.78, 5) is 14.6. The van der Waals surface area contributed by atoms with Crippen LogP contribution in [0.3, 0.4) is 0 Å². The maximum absolute atomic E-state index is 12.8. The number of carbonyl (C=O) groups is 1. The van der Waals surface area contributed by atoms with Crippen molar-refractivity contribution in [3.63, 3.8) is 0 Å². The highest BCUT2D eigenvalue weighted by Gasteiger charge is 2.24. The summed E-state index contributed by atoms with van der Waals surface area (Å²) in [5, 5.41) is 4.03. The summed E-state index contributed by atoms with van der Waals surface area (Å²) in [5.41, 5.74) is 2.26. The number of carbonyl (C=O) groups excluding carboxylic acids is 1. The zero-order valence-electron chi connectivity index (χ0n) is 11.3. The summed E-state index contributed by atoms with van der Waals surface area (Å²) < 4.78 is 0. The summed E-state index contributed by atoms with van der Waals surface area (Å²) in [6, 6.07) is 12.9. The van der Waals surface area contributed by atoms with Crippen LogP contribution >= 0.6 is 23.2 Å². The molecule has 108 valence electrons. The number of amides is 1. The Kier molecular flexibility index (Phi) is 4.04. The van der Waals surface area contributed by atoms with Gasteiger partial charge < -0.3 is 10.2 Å². The van der Waals surface area contributed by atoms with E-state index < -0.39 is 0 Å². The second kappa shape index (κ2) is 5.96. The number of benzene rings is 2. The van der Waals surface area contributed by atoms with Crippen molar-refractivity contribution >= 4 is 40.5 Å². The molecule has 2 aromatic rings. The standard InChI is InChI=1S/C16H14Cl2N2O/c17-12-6-3-5-11(15(12)18)16(21)20-10-4-9-19-13-7-1-2-8-14(13)20/h1-3,5-8,19H,4,9-10H2. The van der Waals surface area contributed by atoms with Gasteiger partial charge in [0.1, 0.15) is 0 Å². The molecule has 0 radical (unpaired) electrons. The van der Waals surface area contributed by atoms with Gasteiger partial charge in [0, 0.05) is 13.1 Å². The van der Waals surface area contributed by atoms with Crippen molar-refractivity contribution in [2.75, 3.05) is 23.3 Å². The highest BCUT2D eigenvalue weighted by molar-refractivity contribution is 6.44. The van der Waals surface area contributed by atoms with Crippen LogP contribution in [0, 0.1) is 0 Å². The molecule has 21 heavy (non-hydrogen) atoms. The third-order valence-electron chi connectivity index (χ3n) is 3.50. The molecule has 1 aliphatic heterocycles. The summed E-state index contributed by atoms with van der Waals surface area (Å²) in [6.07, 6.45) is 0.874. The molecule has 2 aromatic carbocycles. The molecule has 0 aromatic heterocycles. The summed E-state index contributed by atoms with van der Waals surface area (Å²) in [7, 11) is 0. The highest BCUT2D eigenvalue weighted by Crippen LogP contribution is 2.32. The Morgan fingerprint density at radius 2 is 1.90 bits per heavy atom. The van der Waals surface area contributed by atoms with E-state index in [1.807, 2.05) is 24.3 Å². The quantitative estimate of drug-likeness (QED) is 0.841. The molecule has 0 fully saturated rings. The minimum Gasteiger partial charge on any atom is -0.383 e. The molecule has 3 nitrogen and oxygen atoms in total. The lowest BCUT2D eigenvalue weighted by Crippen LogP contribution is -2.31. The number of rotatable bonds is 1. The van der Waals surface area contributed by atoms with Crippen LogP contribution in [0.4, 0.5) is 11.4 Å². The fourth-order valence-electron chi connectivity index (χ4n) is 2.46. The molecular formula is C16H14Cl2N2O. The van der Waals surface area contributed by atoms with Crippen molar-refractivity contribution in [1.82, 2.24) is 0 Å². The van der Waals surface area contributed by atoms with Crippen LogP contribution in [-0.2, 0) is 0 Å². The number of para-hydroxylation sites is 2. The lowest BCUT2D eigenvalue weighted by atomic mass is 10.1. The van der Waals surface area contributed by atoms with E-state index in [4.69, 9.17) is 23.2 Å². The van der Waals surface area contributed by atoms with E-state index in [0.717, 1.165) is 24.3 Å². The average molecular weight is 321 g/mol. The minimum absolute atomic E-state index is 0.126. The number of hydrogen-bond acceptors (Lipinski definition) is 2. The largest absolute Gasteiger partial charge is 0.383 e. The number of fused-ring (bicyclic) bond motifs is 1. The normalized spacial score (nSPS) is 14.1. The number of halogens is 2. The number of nitrogens with zero attached hydrogens (tertiary/aromatic N) is 1. The first kappa shape index (κ1) is 14.2. The highest BCUT2D eigenvalue weighted by atomic mass is 35.5. The second-order valence-electron chi connectivity index (χ2n) is 4.86. The predicted octanol–water partition coefficient (Wildman–Crippen LogP) is 4.46. The van der Waals surface area contributed by atoms with Gasteiger partial charge in [-0.25, -0.2) is 0 Å². The van der Waals surface area contributed by atoms with Gasteiger partial charge in [-0.1, -0.05) is 41.4 Å². The van der Waals surface area contributed by atoms with E-state index in [1.54, 1.807) is 23.1 Å². The van der Waals surface area contributed by atoms with Gasteiger partial charge in [0.25, 0.3) is 5.91 Å². The molecule has 0 saturated carbocycles. The summed E-state index contributed by atoms with van der Waals surface area (Å²) in [6.45, 7) is 1.48. The van der Waals surface area contributed by atoms with Gasteiger partial charge in [-0.2, -0.15) is 0 Å². The van der Waals surface area contributed by atoms with Gasteiger partial charge in [-0.15, -0.1) is 0 Å². The van der Waals surface area contributed by atoms with Crippen LogP contribution in [0.2, 0.25) is 10.0 Å². The van der Waals surface area contributed by atoms with E-state index >= 15 is 0 Å². The molecular weight excluding hydrogens is 307 g/mol. The Balaban J connectivity index is 2.03. The van der Waals surface area contributed by atoms with Crippen LogP contribution < -0.4 is 10.2 Å². The lowest BCUT2D eigenvalue weighted by Gasteiger charge is -2.23. The topological polar surface area (TPSA) is 32.3 Å². The zero-order chi connectivity index (χ0) is 14.8. The van der Waals surface area contributed by atoms with Gasteiger partial charge in [0.05, 0.1) is 27.0 Å². The van der Waals surface area contributed by atoms with Gasteiger partial charge in [-0.05, 0) is 30.7 Å². The first-order chi connectivity index (χ1) is 10.2. The summed E-state index contributed by atoms with van der Waals surface area (Å²) >= 11 is 12.2. The molecule has 0 spiro atoms. The lowest BCUT2D eigenvalue weighted by molar-refractivity contribution is 0.0987. The van der Waals surface area contributed by atoms with Crippen LogP contribution in [-0.4, -0.2) is 19.0 Å². The number of hydrogen-bond donors (Lipinski definition) is 1. The van der Waals surface area contributed by atoms with E-state index in [0.29, 0.717) is 22.2 Å². The van der Waals surface area contributed by atoms with E-state index in [9.17, 15) is 4.79 Å². The molecule has 0 saturated heterocycles. The third kappa shape index (κ3) is 2.71. The molecule has 3 rings (SSSR count). The fraction of sp³-hybridized carbons (Fsp3) is 0.188. The second-order valence-corrected chi connectivity index (χ2v) is 5.64. The third-order valence-corrected chi connectivity index (χ3v) is 4.31.